The smallest absolute Gasteiger partial charge is 0.255 e. The first-order valence-electron chi connectivity index (χ1n) is 12.2. The summed E-state index contributed by atoms with van der Waals surface area (Å²) in [6.45, 7) is 0.950. The molecule has 1 atom stereocenters. The molecule has 2 saturated heterocycles. The summed E-state index contributed by atoms with van der Waals surface area (Å²) in [7, 11) is -3.32. The van der Waals surface area contributed by atoms with Gasteiger partial charge in [0.1, 0.15) is 11.9 Å². The van der Waals surface area contributed by atoms with Crippen LogP contribution in [-0.2, 0) is 26.2 Å². The second-order valence-corrected chi connectivity index (χ2v) is 12.1. The van der Waals surface area contributed by atoms with E-state index in [-0.39, 0.29) is 42.0 Å². The van der Waals surface area contributed by atoms with Gasteiger partial charge in [0.25, 0.3) is 5.91 Å². The number of nitrogens with zero attached hydrogens (tertiary/aromatic N) is 2. The summed E-state index contributed by atoms with van der Waals surface area (Å²) in [4.78, 5) is 38.0. The highest BCUT2D eigenvalue weighted by Crippen LogP contribution is 2.37. The molecule has 34 heavy (non-hydrogen) atoms. The minimum atomic E-state index is -3.32. The fourth-order valence-electron chi connectivity index (χ4n) is 5.92. The maximum Gasteiger partial charge on any atom is 0.255 e. The van der Waals surface area contributed by atoms with Crippen molar-refractivity contribution in [3.63, 3.8) is 0 Å². The molecule has 4 aliphatic rings. The van der Waals surface area contributed by atoms with Gasteiger partial charge in [-0.2, -0.15) is 0 Å². The Balaban J connectivity index is 1.29. The van der Waals surface area contributed by atoms with E-state index in [1.54, 1.807) is 10.4 Å². The average Bonchev–Trinajstić information content (AvgIpc) is 3.14. The van der Waals surface area contributed by atoms with Crippen molar-refractivity contribution in [3.8, 4) is 0 Å². The van der Waals surface area contributed by atoms with Crippen LogP contribution in [0.15, 0.2) is 12.1 Å². The Hall–Kier alpha value is -2.33. The van der Waals surface area contributed by atoms with Crippen LogP contribution in [0.5, 0.6) is 0 Å². The van der Waals surface area contributed by atoms with E-state index in [2.05, 4.69) is 5.32 Å². The van der Waals surface area contributed by atoms with E-state index in [9.17, 15) is 22.8 Å². The van der Waals surface area contributed by atoms with Crippen LogP contribution in [-0.4, -0.2) is 59.7 Å². The third-order valence-corrected chi connectivity index (χ3v) is 10.3. The lowest BCUT2D eigenvalue weighted by Gasteiger charge is -2.35. The van der Waals surface area contributed by atoms with Gasteiger partial charge in [-0.1, -0.05) is 25.3 Å². The van der Waals surface area contributed by atoms with Gasteiger partial charge in [-0.05, 0) is 55.2 Å². The van der Waals surface area contributed by atoms with E-state index < -0.39 is 33.7 Å². The molecular formula is C24H30FN3O5S. The number of benzene rings is 1. The van der Waals surface area contributed by atoms with E-state index in [0.29, 0.717) is 37.1 Å². The molecular weight excluding hydrogens is 461 g/mol. The number of nitrogens with one attached hydrogen (secondary N) is 1. The molecule has 0 bridgehead atoms. The van der Waals surface area contributed by atoms with Gasteiger partial charge in [-0.25, -0.2) is 17.1 Å². The van der Waals surface area contributed by atoms with Crippen LogP contribution >= 0.6 is 0 Å². The van der Waals surface area contributed by atoms with Crippen molar-refractivity contribution in [1.82, 2.24) is 14.5 Å². The first-order chi connectivity index (χ1) is 16.3. The molecule has 5 rings (SSSR count). The molecule has 3 amide bonds. The Morgan fingerprint density at radius 3 is 2.32 bits per heavy atom. The molecule has 1 unspecified atom stereocenters. The minimum Gasteiger partial charge on any atom is -0.322 e. The molecule has 0 radical (unpaired) electrons. The van der Waals surface area contributed by atoms with Crippen LogP contribution in [0.1, 0.15) is 85.2 Å². The molecule has 3 aliphatic heterocycles. The number of halogens is 1. The Labute approximate surface area is 198 Å². The molecule has 1 saturated carbocycles. The van der Waals surface area contributed by atoms with Gasteiger partial charge in [-0.3, -0.25) is 19.7 Å². The zero-order valence-electron chi connectivity index (χ0n) is 19.1. The van der Waals surface area contributed by atoms with Crippen LogP contribution in [0.2, 0.25) is 0 Å². The third-order valence-electron chi connectivity index (χ3n) is 7.87. The Kier molecular flexibility index (Phi) is 6.22. The highest BCUT2D eigenvalue weighted by Gasteiger charge is 2.41. The molecule has 1 aliphatic carbocycles. The fourth-order valence-corrected chi connectivity index (χ4v) is 7.99. The van der Waals surface area contributed by atoms with Crippen LogP contribution < -0.4 is 5.32 Å². The zero-order chi connectivity index (χ0) is 24.0. The van der Waals surface area contributed by atoms with Gasteiger partial charge in [0.05, 0.1) is 5.25 Å². The molecule has 0 aromatic heterocycles. The molecule has 0 spiro atoms. The summed E-state index contributed by atoms with van der Waals surface area (Å²) in [6, 6.07) is 2.23. The van der Waals surface area contributed by atoms with Crippen molar-refractivity contribution in [1.29, 1.82) is 0 Å². The number of rotatable bonds is 4. The number of fused-ring (bicyclic) bond motifs is 1. The summed E-state index contributed by atoms with van der Waals surface area (Å²) < 4.78 is 42.7. The van der Waals surface area contributed by atoms with Crippen molar-refractivity contribution in [2.24, 2.45) is 0 Å². The summed E-state index contributed by atoms with van der Waals surface area (Å²) in [5.74, 6) is -1.84. The summed E-state index contributed by atoms with van der Waals surface area (Å²) in [5.41, 5.74) is 1.43. The largest absolute Gasteiger partial charge is 0.322 e. The molecule has 1 aromatic carbocycles. The lowest BCUT2D eigenvalue weighted by molar-refractivity contribution is -0.136. The number of amides is 3. The van der Waals surface area contributed by atoms with Crippen LogP contribution in [0.25, 0.3) is 0 Å². The van der Waals surface area contributed by atoms with E-state index in [4.69, 9.17) is 0 Å². The van der Waals surface area contributed by atoms with E-state index in [1.807, 2.05) is 0 Å². The van der Waals surface area contributed by atoms with Gasteiger partial charge in [0, 0.05) is 31.6 Å². The van der Waals surface area contributed by atoms with E-state index in [1.165, 1.54) is 11.0 Å². The molecule has 1 aromatic rings. The van der Waals surface area contributed by atoms with Gasteiger partial charge < -0.3 is 4.90 Å². The maximum atomic E-state index is 15.1. The Bertz CT molecular complexity index is 1120. The third kappa shape index (κ3) is 4.15. The van der Waals surface area contributed by atoms with Crippen molar-refractivity contribution in [3.05, 3.63) is 34.6 Å². The number of imide groups is 1. The lowest BCUT2D eigenvalue weighted by Crippen LogP contribution is -2.52. The van der Waals surface area contributed by atoms with Crippen LogP contribution in [0.3, 0.4) is 0 Å². The van der Waals surface area contributed by atoms with Gasteiger partial charge in [0.15, 0.2) is 0 Å². The fraction of sp³-hybridized carbons (Fsp3) is 0.625. The number of piperidine rings is 2. The number of carbonyl (C=O) groups excluding carboxylic acids is 3. The first kappa shape index (κ1) is 23.4. The number of hydrogen-bond donors (Lipinski definition) is 1. The van der Waals surface area contributed by atoms with E-state index in [0.717, 1.165) is 32.1 Å². The summed E-state index contributed by atoms with van der Waals surface area (Å²) >= 11 is 0. The molecule has 1 N–H and O–H groups in total. The monoisotopic (exact) mass is 491 g/mol. The summed E-state index contributed by atoms with van der Waals surface area (Å²) in [6.07, 6.45) is 5.93. The minimum absolute atomic E-state index is 0.122. The van der Waals surface area contributed by atoms with Crippen LogP contribution in [0.4, 0.5) is 4.39 Å². The second kappa shape index (κ2) is 9.03. The quantitative estimate of drug-likeness (QED) is 0.652. The molecule has 184 valence electrons. The van der Waals surface area contributed by atoms with Crippen molar-refractivity contribution < 1.29 is 27.2 Å². The molecule has 3 heterocycles. The maximum absolute atomic E-state index is 15.1. The highest BCUT2D eigenvalue weighted by atomic mass is 32.2. The second-order valence-electron chi connectivity index (χ2n) is 9.91. The van der Waals surface area contributed by atoms with Gasteiger partial charge >= 0.3 is 0 Å². The van der Waals surface area contributed by atoms with E-state index >= 15 is 4.39 Å². The van der Waals surface area contributed by atoms with Crippen molar-refractivity contribution >= 4 is 27.7 Å². The predicted molar refractivity (Wildman–Crippen MR) is 122 cm³/mol. The highest BCUT2D eigenvalue weighted by molar-refractivity contribution is 7.89. The number of carbonyl (C=O) groups is 3. The number of hydrogen-bond acceptors (Lipinski definition) is 5. The molecule has 8 nitrogen and oxygen atoms in total. The van der Waals surface area contributed by atoms with Gasteiger partial charge in [-0.15, -0.1) is 0 Å². The average molecular weight is 492 g/mol. The SMILES string of the molecule is O=C1CCC(N2Cc3cc(C4CCN(S(=O)(=O)C5CCCCC5)CC4)c(F)cc3C2=O)C(=O)N1. The standard InChI is InChI=1S/C24H30FN3O5S/c25-20-13-19-16(14-28(24(19)31)21-6-7-22(29)26-23(21)30)12-18(20)15-8-10-27(11-9-15)34(32,33)17-4-2-1-3-5-17/h12-13,15,17,21H,1-11,14H2,(H,26,29,30). The predicted octanol–water partition coefficient (Wildman–Crippen LogP) is 2.43. The molecule has 10 heteroatoms. The number of sulfonamides is 1. The lowest BCUT2D eigenvalue weighted by atomic mass is 9.88. The first-order valence-corrected chi connectivity index (χ1v) is 13.7. The Morgan fingerprint density at radius 1 is 0.941 bits per heavy atom. The summed E-state index contributed by atoms with van der Waals surface area (Å²) in [5, 5.41) is 1.98. The van der Waals surface area contributed by atoms with Gasteiger partial charge in [0.2, 0.25) is 21.8 Å². The topological polar surface area (TPSA) is 104 Å². The zero-order valence-corrected chi connectivity index (χ0v) is 19.9. The molecule has 3 fully saturated rings. The Morgan fingerprint density at radius 2 is 1.65 bits per heavy atom. The van der Waals surface area contributed by atoms with Crippen molar-refractivity contribution in [2.75, 3.05) is 13.1 Å². The normalized spacial score (nSPS) is 25.5. The van der Waals surface area contributed by atoms with Crippen molar-refractivity contribution in [2.45, 2.75) is 81.5 Å². The van der Waals surface area contributed by atoms with Crippen LogP contribution in [0, 0.1) is 5.82 Å².